The maximum atomic E-state index is 12.2. The van der Waals surface area contributed by atoms with Crippen LogP contribution in [-0.4, -0.2) is 28.4 Å². The Balaban J connectivity index is 2.10. The fourth-order valence-electron chi connectivity index (χ4n) is 2.29. The van der Waals surface area contributed by atoms with Gasteiger partial charge in [0.05, 0.1) is 0 Å². The molecule has 2 amide bonds. The highest BCUT2D eigenvalue weighted by Crippen LogP contribution is 2.18. The zero-order valence-electron chi connectivity index (χ0n) is 15.2. The molecule has 26 heavy (non-hydrogen) atoms. The third-order valence-electron chi connectivity index (χ3n) is 3.48. The zero-order chi connectivity index (χ0) is 19.5. The number of hydrogen-bond acceptors (Lipinski definition) is 4. The number of carboxylic acids is 1. The molecular formula is C19H22N2O5. The summed E-state index contributed by atoms with van der Waals surface area (Å²) < 4.78 is 5.32. The van der Waals surface area contributed by atoms with Crippen LogP contribution in [0.3, 0.4) is 0 Å². The summed E-state index contributed by atoms with van der Waals surface area (Å²) in [6.07, 6.45) is 0.368. The lowest BCUT2D eigenvalue weighted by molar-refractivity contribution is 0.0693. The van der Waals surface area contributed by atoms with Gasteiger partial charge in [0.1, 0.15) is 11.3 Å². The first-order chi connectivity index (χ1) is 12.1. The molecule has 0 saturated heterocycles. The summed E-state index contributed by atoms with van der Waals surface area (Å²) in [6.45, 7) is 7.41. The van der Waals surface area contributed by atoms with Crippen LogP contribution in [0.5, 0.6) is 0 Å². The number of carbonyl (C=O) groups excluding carboxylic acids is 2. The second-order valence-corrected chi connectivity index (χ2v) is 6.84. The minimum atomic E-state index is -1.14. The van der Waals surface area contributed by atoms with Crippen molar-refractivity contribution in [1.29, 1.82) is 0 Å². The van der Waals surface area contributed by atoms with Crippen molar-refractivity contribution >= 4 is 23.5 Å². The van der Waals surface area contributed by atoms with Crippen LogP contribution in [0.15, 0.2) is 34.7 Å². The van der Waals surface area contributed by atoms with Crippen LogP contribution < -0.4 is 10.6 Å². The number of aromatic carboxylic acids is 1. The second kappa shape index (κ2) is 7.43. The largest absolute Gasteiger partial charge is 0.478 e. The predicted octanol–water partition coefficient (Wildman–Crippen LogP) is 3.32. The molecule has 0 bridgehead atoms. The number of carboxylic acid groups (broad SMARTS) is 1. The Morgan fingerprint density at radius 1 is 1.08 bits per heavy atom. The summed E-state index contributed by atoms with van der Waals surface area (Å²) in [5, 5.41) is 14.6. The molecular weight excluding hydrogens is 336 g/mol. The number of carbonyl (C=O) groups is 3. The summed E-state index contributed by atoms with van der Waals surface area (Å²) in [5.41, 5.74) is 0.570. The van der Waals surface area contributed by atoms with Crippen LogP contribution in [0.1, 0.15) is 64.7 Å². The first-order valence-corrected chi connectivity index (χ1v) is 8.20. The molecule has 1 aromatic carbocycles. The lowest BCUT2D eigenvalue weighted by Crippen LogP contribution is -2.40. The van der Waals surface area contributed by atoms with Crippen molar-refractivity contribution in [3.05, 3.63) is 53.0 Å². The third kappa shape index (κ3) is 4.72. The standard InChI is InChI=1S/C19H22N2O5/c1-5-14-13(18(24)25)10-15(26-14)17(23)20-12-8-6-11(7-9-12)16(22)21-19(2,3)4/h6-10H,5H2,1-4H3,(H,20,23)(H,21,22)(H,24,25). The van der Waals surface area contributed by atoms with Gasteiger partial charge in [-0.3, -0.25) is 9.59 Å². The van der Waals surface area contributed by atoms with Gasteiger partial charge in [0.2, 0.25) is 0 Å². The van der Waals surface area contributed by atoms with Gasteiger partial charge in [0, 0.05) is 29.3 Å². The highest BCUT2D eigenvalue weighted by Gasteiger charge is 2.20. The molecule has 0 unspecified atom stereocenters. The molecule has 138 valence electrons. The summed E-state index contributed by atoms with van der Waals surface area (Å²) in [5.74, 6) is -1.73. The minimum Gasteiger partial charge on any atom is -0.478 e. The van der Waals surface area contributed by atoms with Crippen LogP contribution in [0.25, 0.3) is 0 Å². The van der Waals surface area contributed by atoms with Crippen molar-refractivity contribution in [2.75, 3.05) is 5.32 Å². The number of amides is 2. The fraction of sp³-hybridized carbons (Fsp3) is 0.316. The normalized spacial score (nSPS) is 11.1. The molecule has 7 heteroatoms. The summed E-state index contributed by atoms with van der Waals surface area (Å²) in [7, 11) is 0. The van der Waals surface area contributed by atoms with Crippen LogP contribution >= 0.6 is 0 Å². The average Bonchev–Trinajstić information content (AvgIpc) is 2.98. The topological polar surface area (TPSA) is 109 Å². The number of benzene rings is 1. The summed E-state index contributed by atoms with van der Waals surface area (Å²) >= 11 is 0. The minimum absolute atomic E-state index is 0.0214. The van der Waals surface area contributed by atoms with Crippen molar-refractivity contribution in [3.8, 4) is 0 Å². The van der Waals surface area contributed by atoms with E-state index in [4.69, 9.17) is 9.52 Å². The van der Waals surface area contributed by atoms with Gasteiger partial charge in [-0.05, 0) is 45.0 Å². The van der Waals surface area contributed by atoms with E-state index < -0.39 is 11.9 Å². The number of hydrogen-bond donors (Lipinski definition) is 3. The van der Waals surface area contributed by atoms with Crippen LogP contribution in [0.2, 0.25) is 0 Å². The third-order valence-corrected chi connectivity index (χ3v) is 3.48. The van der Waals surface area contributed by atoms with Crippen LogP contribution in [0, 0.1) is 0 Å². The lowest BCUT2D eigenvalue weighted by Gasteiger charge is -2.20. The van der Waals surface area contributed by atoms with Crippen LogP contribution in [-0.2, 0) is 6.42 Å². The van der Waals surface area contributed by atoms with Gasteiger partial charge in [-0.25, -0.2) is 4.79 Å². The second-order valence-electron chi connectivity index (χ2n) is 6.84. The highest BCUT2D eigenvalue weighted by atomic mass is 16.4. The number of rotatable bonds is 5. The van der Waals surface area contributed by atoms with Gasteiger partial charge in [-0.1, -0.05) is 6.92 Å². The van der Waals surface area contributed by atoms with Gasteiger partial charge in [0.15, 0.2) is 5.76 Å². The Labute approximate surface area is 151 Å². The Kier molecular flexibility index (Phi) is 5.50. The van der Waals surface area contributed by atoms with E-state index in [1.54, 1.807) is 31.2 Å². The van der Waals surface area contributed by atoms with Gasteiger partial charge in [-0.2, -0.15) is 0 Å². The molecule has 0 spiro atoms. The molecule has 2 rings (SSSR count). The number of nitrogens with one attached hydrogen (secondary N) is 2. The van der Waals surface area contributed by atoms with E-state index in [0.29, 0.717) is 17.7 Å². The molecule has 0 saturated carbocycles. The van der Waals surface area contributed by atoms with Gasteiger partial charge in [-0.15, -0.1) is 0 Å². The fourth-order valence-corrected chi connectivity index (χ4v) is 2.29. The first-order valence-electron chi connectivity index (χ1n) is 8.20. The monoisotopic (exact) mass is 358 g/mol. The molecule has 0 aliphatic carbocycles. The van der Waals surface area contributed by atoms with E-state index in [1.165, 1.54) is 6.07 Å². The van der Waals surface area contributed by atoms with Crippen molar-refractivity contribution in [3.63, 3.8) is 0 Å². The average molecular weight is 358 g/mol. The zero-order valence-corrected chi connectivity index (χ0v) is 15.2. The Hall–Kier alpha value is -3.09. The Morgan fingerprint density at radius 3 is 2.15 bits per heavy atom. The van der Waals surface area contributed by atoms with Crippen LogP contribution in [0.4, 0.5) is 5.69 Å². The van der Waals surface area contributed by atoms with E-state index in [0.717, 1.165) is 0 Å². The molecule has 0 aliphatic heterocycles. The molecule has 0 atom stereocenters. The maximum absolute atomic E-state index is 12.2. The van der Waals surface area contributed by atoms with E-state index >= 15 is 0 Å². The van der Waals surface area contributed by atoms with Gasteiger partial charge in [0.25, 0.3) is 11.8 Å². The van der Waals surface area contributed by atoms with Crippen molar-refractivity contribution in [2.45, 2.75) is 39.7 Å². The van der Waals surface area contributed by atoms with Crippen molar-refractivity contribution in [2.24, 2.45) is 0 Å². The van der Waals surface area contributed by atoms with E-state index in [-0.39, 0.29) is 28.5 Å². The van der Waals surface area contributed by atoms with E-state index in [1.807, 2.05) is 20.8 Å². The van der Waals surface area contributed by atoms with Gasteiger partial charge >= 0.3 is 5.97 Å². The molecule has 0 aliphatic rings. The highest BCUT2D eigenvalue weighted by molar-refractivity contribution is 6.04. The number of furan rings is 1. The number of aryl methyl sites for hydroxylation is 1. The number of anilines is 1. The Morgan fingerprint density at radius 2 is 1.69 bits per heavy atom. The molecule has 1 heterocycles. The predicted molar refractivity (Wildman–Crippen MR) is 96.7 cm³/mol. The first kappa shape index (κ1) is 19.2. The molecule has 1 aromatic heterocycles. The quantitative estimate of drug-likeness (QED) is 0.760. The molecule has 3 N–H and O–H groups in total. The summed E-state index contributed by atoms with van der Waals surface area (Å²) in [6, 6.07) is 7.59. The SMILES string of the molecule is CCc1oc(C(=O)Nc2ccc(C(=O)NC(C)(C)C)cc2)cc1C(=O)O. The van der Waals surface area contributed by atoms with Gasteiger partial charge < -0.3 is 20.2 Å². The Bertz CT molecular complexity index is 829. The summed E-state index contributed by atoms with van der Waals surface area (Å²) in [4.78, 5) is 35.5. The molecule has 2 aromatic rings. The van der Waals surface area contributed by atoms with Crippen molar-refractivity contribution < 1.29 is 23.9 Å². The maximum Gasteiger partial charge on any atom is 0.339 e. The van der Waals surface area contributed by atoms with E-state index in [2.05, 4.69) is 10.6 Å². The lowest BCUT2D eigenvalue weighted by atomic mass is 10.1. The van der Waals surface area contributed by atoms with E-state index in [9.17, 15) is 14.4 Å². The molecule has 0 radical (unpaired) electrons. The molecule has 7 nitrogen and oxygen atoms in total. The smallest absolute Gasteiger partial charge is 0.339 e. The molecule has 0 fully saturated rings. The van der Waals surface area contributed by atoms with Crippen molar-refractivity contribution in [1.82, 2.24) is 5.32 Å².